The summed E-state index contributed by atoms with van der Waals surface area (Å²) in [5.74, 6) is 0.581. The van der Waals surface area contributed by atoms with Gasteiger partial charge in [-0.2, -0.15) is 0 Å². The lowest BCUT2D eigenvalue weighted by molar-refractivity contribution is -0.126. The van der Waals surface area contributed by atoms with Crippen LogP contribution in [0, 0.1) is 12.8 Å². The summed E-state index contributed by atoms with van der Waals surface area (Å²) in [4.78, 5) is 2.64. The van der Waals surface area contributed by atoms with Crippen LogP contribution in [0.3, 0.4) is 0 Å². The predicted molar refractivity (Wildman–Crippen MR) is 84.0 cm³/mol. The van der Waals surface area contributed by atoms with E-state index in [0.29, 0.717) is 18.6 Å². The van der Waals surface area contributed by atoms with E-state index in [1.807, 2.05) is 31.2 Å². The molecule has 2 heterocycles. The second kappa shape index (κ2) is 6.91. The van der Waals surface area contributed by atoms with Crippen molar-refractivity contribution in [2.75, 3.05) is 19.7 Å². The molecule has 0 aliphatic carbocycles. The van der Waals surface area contributed by atoms with Crippen molar-refractivity contribution >= 4 is 0 Å². The van der Waals surface area contributed by atoms with E-state index in [2.05, 4.69) is 4.90 Å². The number of nitrogens with zero attached hydrogens (tertiary/aromatic N) is 1. The lowest BCUT2D eigenvalue weighted by Crippen LogP contribution is -2.49. The largest absolute Gasteiger partial charge is 0.364 e. The van der Waals surface area contributed by atoms with Crippen LogP contribution in [0.5, 0.6) is 0 Å². The van der Waals surface area contributed by atoms with Crippen LogP contribution >= 0.6 is 0 Å². The molecule has 1 aromatic rings. The highest BCUT2D eigenvalue weighted by molar-refractivity contribution is 5.26. The zero-order chi connectivity index (χ0) is 14.7. The molecule has 116 valence electrons. The molecule has 0 unspecified atom stereocenters. The quantitative estimate of drug-likeness (QED) is 0.864. The molecule has 3 heteroatoms. The van der Waals surface area contributed by atoms with Crippen LogP contribution in [0.1, 0.15) is 49.5 Å². The van der Waals surface area contributed by atoms with Gasteiger partial charge in [-0.25, -0.2) is 0 Å². The van der Waals surface area contributed by atoms with E-state index in [4.69, 9.17) is 4.74 Å². The van der Waals surface area contributed by atoms with Gasteiger partial charge in [0.1, 0.15) is 0 Å². The van der Waals surface area contributed by atoms with E-state index < -0.39 is 6.29 Å². The summed E-state index contributed by atoms with van der Waals surface area (Å²) in [6, 6.07) is 8.60. The van der Waals surface area contributed by atoms with E-state index in [1.54, 1.807) is 0 Å². The van der Waals surface area contributed by atoms with Gasteiger partial charge in [0.05, 0.1) is 6.61 Å². The van der Waals surface area contributed by atoms with E-state index >= 15 is 0 Å². The number of aliphatic hydroxyl groups excluding tert-OH is 1. The highest BCUT2D eigenvalue weighted by atomic mass is 16.6. The molecule has 21 heavy (non-hydrogen) atoms. The normalized spacial score (nSPS) is 28.1. The Morgan fingerprint density at radius 1 is 1.19 bits per heavy atom. The monoisotopic (exact) mass is 289 g/mol. The molecule has 2 aliphatic heterocycles. The third-order valence-electron chi connectivity index (χ3n) is 5.15. The molecule has 3 nitrogen and oxygen atoms in total. The van der Waals surface area contributed by atoms with Crippen LogP contribution in [-0.4, -0.2) is 35.7 Å². The maximum absolute atomic E-state index is 10.3. The Morgan fingerprint density at radius 2 is 2.00 bits per heavy atom. The molecule has 0 spiro atoms. The topological polar surface area (TPSA) is 32.7 Å². The van der Waals surface area contributed by atoms with Crippen molar-refractivity contribution in [2.45, 2.75) is 51.4 Å². The van der Waals surface area contributed by atoms with E-state index in [1.165, 1.54) is 45.2 Å². The fourth-order valence-corrected chi connectivity index (χ4v) is 3.94. The predicted octanol–water partition coefficient (Wildman–Crippen LogP) is 3.27. The van der Waals surface area contributed by atoms with E-state index in [9.17, 15) is 5.11 Å². The average Bonchev–Trinajstić information content (AvgIpc) is 2.53. The number of fused-ring (bicyclic) bond motifs is 1. The minimum Gasteiger partial charge on any atom is -0.364 e. The van der Waals surface area contributed by atoms with Gasteiger partial charge in [-0.1, -0.05) is 30.7 Å². The molecule has 0 radical (unpaired) electrons. The first-order valence-electron chi connectivity index (χ1n) is 8.35. The van der Waals surface area contributed by atoms with Gasteiger partial charge in [0.2, 0.25) is 0 Å². The number of ether oxygens (including phenoxy) is 1. The fraction of sp³-hybridized carbons (Fsp3) is 0.667. The molecule has 0 aromatic heterocycles. The Bertz CT molecular complexity index is 460. The molecule has 0 amide bonds. The average molecular weight is 289 g/mol. The Hall–Kier alpha value is -0.900. The minimum absolute atomic E-state index is 0.581. The van der Waals surface area contributed by atoms with Crippen LogP contribution in [-0.2, 0) is 4.74 Å². The summed E-state index contributed by atoms with van der Waals surface area (Å²) in [5, 5.41) is 10.3. The van der Waals surface area contributed by atoms with Gasteiger partial charge < -0.3 is 14.7 Å². The Balaban J connectivity index is 1.58. The van der Waals surface area contributed by atoms with Crippen LogP contribution in [0.25, 0.3) is 0 Å². The summed E-state index contributed by atoms with van der Waals surface area (Å²) >= 11 is 0. The van der Waals surface area contributed by atoms with Crippen molar-refractivity contribution < 1.29 is 9.84 Å². The molecular formula is C18H27NO2. The smallest absolute Gasteiger partial charge is 0.181 e. The maximum atomic E-state index is 10.3. The zero-order valence-corrected chi connectivity index (χ0v) is 13.0. The summed E-state index contributed by atoms with van der Waals surface area (Å²) in [6.45, 7) is 5.20. The molecule has 1 N–H and O–H groups in total. The van der Waals surface area contributed by atoms with Gasteiger partial charge in [-0.15, -0.1) is 0 Å². The summed E-state index contributed by atoms with van der Waals surface area (Å²) < 4.78 is 5.83. The molecule has 2 saturated heterocycles. The lowest BCUT2D eigenvalue weighted by Gasteiger charge is -2.44. The second-order valence-corrected chi connectivity index (χ2v) is 6.54. The first-order valence-corrected chi connectivity index (χ1v) is 8.35. The third-order valence-corrected chi connectivity index (χ3v) is 5.15. The number of aryl methyl sites for hydroxylation is 1. The first-order chi connectivity index (χ1) is 10.3. The van der Waals surface area contributed by atoms with Gasteiger partial charge in [0, 0.05) is 11.6 Å². The Labute approximate surface area is 127 Å². The van der Waals surface area contributed by atoms with Crippen molar-refractivity contribution in [1.29, 1.82) is 0 Å². The number of rotatable bonds is 4. The van der Waals surface area contributed by atoms with Crippen molar-refractivity contribution in [2.24, 2.45) is 5.92 Å². The van der Waals surface area contributed by atoms with E-state index in [0.717, 1.165) is 11.1 Å². The molecular weight excluding hydrogens is 262 g/mol. The number of hydrogen-bond acceptors (Lipinski definition) is 3. The van der Waals surface area contributed by atoms with Crippen molar-refractivity contribution in [3.63, 3.8) is 0 Å². The number of piperidine rings is 2. The van der Waals surface area contributed by atoms with Crippen molar-refractivity contribution in [1.82, 2.24) is 4.90 Å². The summed E-state index contributed by atoms with van der Waals surface area (Å²) in [7, 11) is 0. The minimum atomic E-state index is -0.787. The van der Waals surface area contributed by atoms with Gasteiger partial charge >= 0.3 is 0 Å². The summed E-state index contributed by atoms with van der Waals surface area (Å²) in [6.07, 6.45) is 5.71. The molecule has 3 rings (SSSR count). The summed E-state index contributed by atoms with van der Waals surface area (Å²) in [5.41, 5.74) is 1.99. The molecule has 0 saturated carbocycles. The van der Waals surface area contributed by atoms with Gasteiger partial charge in [0.25, 0.3) is 0 Å². The highest BCUT2D eigenvalue weighted by Gasteiger charge is 2.33. The number of benzene rings is 1. The van der Waals surface area contributed by atoms with Crippen LogP contribution < -0.4 is 0 Å². The van der Waals surface area contributed by atoms with Gasteiger partial charge in [0.15, 0.2) is 6.29 Å². The second-order valence-electron chi connectivity index (χ2n) is 6.54. The van der Waals surface area contributed by atoms with Crippen molar-refractivity contribution in [3.8, 4) is 0 Å². The fourth-order valence-electron chi connectivity index (χ4n) is 3.94. The molecule has 2 aliphatic rings. The highest BCUT2D eigenvalue weighted by Crippen LogP contribution is 2.32. The van der Waals surface area contributed by atoms with Crippen LogP contribution in [0.4, 0.5) is 0 Å². The van der Waals surface area contributed by atoms with Crippen LogP contribution in [0.15, 0.2) is 24.3 Å². The van der Waals surface area contributed by atoms with Crippen LogP contribution in [0.2, 0.25) is 0 Å². The van der Waals surface area contributed by atoms with Gasteiger partial charge in [-0.05, 0) is 57.2 Å². The van der Waals surface area contributed by atoms with E-state index in [-0.39, 0.29) is 0 Å². The SMILES string of the molecule is Cc1ccccc1[C@H](O)OC[C@@H]1CCCN2CCCC[C@H]12. The number of hydrogen-bond donors (Lipinski definition) is 1. The first kappa shape index (κ1) is 15.0. The third kappa shape index (κ3) is 3.47. The molecule has 0 bridgehead atoms. The lowest BCUT2D eigenvalue weighted by atomic mass is 9.84. The Morgan fingerprint density at radius 3 is 2.86 bits per heavy atom. The van der Waals surface area contributed by atoms with Crippen molar-refractivity contribution in [3.05, 3.63) is 35.4 Å². The maximum Gasteiger partial charge on any atom is 0.181 e. The Kier molecular flexibility index (Phi) is 4.94. The standard InChI is InChI=1S/C18H27NO2/c1-14-7-2-3-9-16(14)18(20)21-13-15-8-6-12-19-11-5-4-10-17(15)19/h2-3,7,9,15,17-18,20H,4-6,8,10-13H2,1H3/t15-,17+,18+/m0/s1. The molecule has 3 atom stereocenters. The number of aliphatic hydroxyl groups is 1. The molecule has 1 aromatic carbocycles. The zero-order valence-electron chi connectivity index (χ0n) is 13.0. The molecule has 2 fully saturated rings. The van der Waals surface area contributed by atoms with Gasteiger partial charge in [-0.3, -0.25) is 0 Å².